The minimum absolute atomic E-state index is 0.144. The molecule has 1 heterocycles. The second-order valence-electron chi connectivity index (χ2n) is 6.57. The third-order valence-electron chi connectivity index (χ3n) is 4.61. The zero-order valence-electron chi connectivity index (χ0n) is 15.0. The van der Waals surface area contributed by atoms with Crippen molar-refractivity contribution in [1.29, 1.82) is 0 Å². The summed E-state index contributed by atoms with van der Waals surface area (Å²) in [5.74, 6) is -0.548. The van der Waals surface area contributed by atoms with Crippen molar-refractivity contribution in [2.45, 2.75) is 18.4 Å². The van der Waals surface area contributed by atoms with Gasteiger partial charge in [0, 0.05) is 0 Å². The lowest BCUT2D eigenvalue weighted by molar-refractivity contribution is 0.584. The Kier molecular flexibility index (Phi) is 4.39. The van der Waals surface area contributed by atoms with Gasteiger partial charge in [0.05, 0.1) is 22.5 Å². The number of hydrogen-bond acceptors (Lipinski definition) is 3. The Balaban J connectivity index is 1.93. The van der Waals surface area contributed by atoms with E-state index in [1.165, 1.54) is 4.57 Å². The lowest BCUT2D eigenvalue weighted by Gasteiger charge is -2.06. The molecule has 0 aliphatic carbocycles. The van der Waals surface area contributed by atoms with E-state index < -0.39 is 21.5 Å². The molecule has 0 amide bonds. The standard InChI is InChI=1S/C21H17FN2O3S/c1-15-6-8-16(9-7-15)14-23-19-4-2-3-5-20(19)24(21(23)25)28(26,27)18-12-10-17(22)11-13-18/h2-13H,14H2,1H3. The second kappa shape index (κ2) is 6.76. The van der Waals surface area contributed by atoms with Crippen LogP contribution in [0.1, 0.15) is 11.1 Å². The van der Waals surface area contributed by atoms with E-state index in [1.807, 2.05) is 31.2 Å². The highest BCUT2D eigenvalue weighted by Gasteiger charge is 2.25. The third kappa shape index (κ3) is 3.03. The summed E-state index contributed by atoms with van der Waals surface area (Å²) in [4.78, 5) is 13.0. The average Bonchev–Trinajstić information content (AvgIpc) is 2.96. The van der Waals surface area contributed by atoms with E-state index in [-0.39, 0.29) is 17.0 Å². The Hall–Kier alpha value is -3.19. The number of para-hydroxylation sites is 2. The molecule has 0 aliphatic heterocycles. The molecule has 28 heavy (non-hydrogen) atoms. The summed E-state index contributed by atoms with van der Waals surface area (Å²) >= 11 is 0. The maximum Gasteiger partial charge on any atom is 0.343 e. The Morgan fingerprint density at radius 1 is 0.857 bits per heavy atom. The van der Waals surface area contributed by atoms with Crippen LogP contribution in [-0.2, 0) is 16.6 Å². The molecule has 7 heteroatoms. The SMILES string of the molecule is Cc1ccc(Cn2c(=O)n(S(=O)(=O)c3ccc(F)cc3)c3ccccc32)cc1. The van der Waals surface area contributed by atoms with Crippen LogP contribution >= 0.6 is 0 Å². The van der Waals surface area contributed by atoms with Crippen LogP contribution in [0.3, 0.4) is 0 Å². The first kappa shape index (κ1) is 18.2. The highest BCUT2D eigenvalue weighted by atomic mass is 32.2. The summed E-state index contributed by atoms with van der Waals surface area (Å²) in [6.07, 6.45) is 0. The lowest BCUT2D eigenvalue weighted by Crippen LogP contribution is -2.29. The summed E-state index contributed by atoms with van der Waals surface area (Å²) in [7, 11) is -4.17. The molecule has 0 spiro atoms. The van der Waals surface area contributed by atoms with Gasteiger partial charge in [0.25, 0.3) is 10.0 Å². The van der Waals surface area contributed by atoms with Gasteiger partial charge in [0.15, 0.2) is 0 Å². The van der Waals surface area contributed by atoms with E-state index in [4.69, 9.17) is 0 Å². The normalized spacial score (nSPS) is 11.8. The van der Waals surface area contributed by atoms with Crippen molar-refractivity contribution < 1.29 is 12.8 Å². The van der Waals surface area contributed by atoms with Crippen LogP contribution in [0.2, 0.25) is 0 Å². The van der Waals surface area contributed by atoms with Crippen molar-refractivity contribution in [2.24, 2.45) is 0 Å². The van der Waals surface area contributed by atoms with E-state index in [1.54, 1.807) is 24.3 Å². The lowest BCUT2D eigenvalue weighted by atomic mass is 10.1. The smallest absolute Gasteiger partial charge is 0.287 e. The number of imidazole rings is 1. The topological polar surface area (TPSA) is 61.1 Å². The average molecular weight is 396 g/mol. The Labute approximate surface area is 161 Å². The number of aryl methyl sites for hydroxylation is 1. The van der Waals surface area contributed by atoms with Gasteiger partial charge in [0.2, 0.25) is 0 Å². The summed E-state index contributed by atoms with van der Waals surface area (Å²) in [6.45, 7) is 2.21. The van der Waals surface area contributed by atoms with Crippen molar-refractivity contribution in [3.05, 3.63) is 100 Å². The Morgan fingerprint density at radius 3 is 2.11 bits per heavy atom. The number of rotatable bonds is 4. The third-order valence-corrected chi connectivity index (χ3v) is 6.31. The fourth-order valence-corrected chi connectivity index (χ4v) is 4.56. The first-order chi connectivity index (χ1) is 13.4. The van der Waals surface area contributed by atoms with Gasteiger partial charge in [-0.25, -0.2) is 17.6 Å². The van der Waals surface area contributed by atoms with Gasteiger partial charge < -0.3 is 0 Å². The summed E-state index contributed by atoms with van der Waals surface area (Å²) in [6, 6.07) is 18.8. The van der Waals surface area contributed by atoms with Gasteiger partial charge in [0.1, 0.15) is 5.82 Å². The van der Waals surface area contributed by atoms with Crippen molar-refractivity contribution in [3.63, 3.8) is 0 Å². The van der Waals surface area contributed by atoms with Crippen LogP contribution in [0, 0.1) is 12.7 Å². The summed E-state index contributed by atoms with van der Waals surface area (Å²) < 4.78 is 41.7. The van der Waals surface area contributed by atoms with Gasteiger partial charge in [-0.2, -0.15) is 3.97 Å². The molecule has 0 bridgehead atoms. The molecular weight excluding hydrogens is 379 g/mol. The molecular formula is C21H17FN2O3S. The summed E-state index contributed by atoms with van der Waals surface area (Å²) in [5.41, 5.74) is 2.11. The fraction of sp³-hybridized carbons (Fsp3) is 0.0952. The monoisotopic (exact) mass is 396 g/mol. The van der Waals surface area contributed by atoms with E-state index in [2.05, 4.69) is 0 Å². The number of nitrogens with zero attached hydrogens (tertiary/aromatic N) is 2. The quantitative estimate of drug-likeness (QED) is 0.530. The van der Waals surface area contributed by atoms with Gasteiger partial charge in [-0.3, -0.25) is 4.57 Å². The molecule has 0 fully saturated rings. The minimum Gasteiger partial charge on any atom is -0.287 e. The number of aromatic nitrogens is 2. The largest absolute Gasteiger partial charge is 0.343 e. The van der Waals surface area contributed by atoms with Crippen LogP contribution in [0.4, 0.5) is 4.39 Å². The predicted molar refractivity (Wildman–Crippen MR) is 105 cm³/mol. The van der Waals surface area contributed by atoms with E-state index in [0.29, 0.717) is 5.52 Å². The molecule has 3 aromatic carbocycles. The Morgan fingerprint density at radius 2 is 1.46 bits per heavy atom. The first-order valence-corrected chi connectivity index (χ1v) is 10.1. The maximum absolute atomic E-state index is 13.2. The minimum atomic E-state index is -4.17. The zero-order chi connectivity index (χ0) is 19.9. The fourth-order valence-electron chi connectivity index (χ4n) is 3.15. The van der Waals surface area contributed by atoms with Crippen molar-refractivity contribution in [1.82, 2.24) is 8.54 Å². The van der Waals surface area contributed by atoms with E-state index in [9.17, 15) is 17.6 Å². The van der Waals surface area contributed by atoms with Gasteiger partial charge in [-0.15, -0.1) is 0 Å². The maximum atomic E-state index is 13.2. The zero-order valence-corrected chi connectivity index (χ0v) is 15.9. The number of benzene rings is 3. The number of hydrogen-bond donors (Lipinski definition) is 0. The highest BCUT2D eigenvalue weighted by Crippen LogP contribution is 2.21. The van der Waals surface area contributed by atoms with Crippen LogP contribution in [0.5, 0.6) is 0 Å². The van der Waals surface area contributed by atoms with E-state index in [0.717, 1.165) is 39.4 Å². The molecule has 0 N–H and O–H groups in total. The Bertz CT molecular complexity index is 1320. The van der Waals surface area contributed by atoms with Crippen LogP contribution in [-0.4, -0.2) is 17.0 Å². The molecule has 0 saturated heterocycles. The molecule has 0 unspecified atom stereocenters. The second-order valence-corrected chi connectivity index (χ2v) is 8.35. The van der Waals surface area contributed by atoms with Gasteiger partial charge >= 0.3 is 5.69 Å². The predicted octanol–water partition coefficient (Wildman–Crippen LogP) is 3.54. The van der Waals surface area contributed by atoms with Crippen molar-refractivity contribution in [3.8, 4) is 0 Å². The number of fused-ring (bicyclic) bond motifs is 1. The molecule has 4 aromatic rings. The molecule has 5 nitrogen and oxygen atoms in total. The summed E-state index contributed by atoms with van der Waals surface area (Å²) in [5, 5.41) is 0. The molecule has 0 aliphatic rings. The van der Waals surface area contributed by atoms with E-state index >= 15 is 0 Å². The molecule has 0 radical (unpaired) electrons. The molecule has 1 aromatic heterocycles. The van der Waals surface area contributed by atoms with Crippen LogP contribution < -0.4 is 5.69 Å². The van der Waals surface area contributed by atoms with Crippen molar-refractivity contribution in [2.75, 3.05) is 0 Å². The van der Waals surface area contributed by atoms with Crippen LogP contribution in [0.25, 0.3) is 11.0 Å². The molecule has 142 valence electrons. The molecule has 0 saturated carbocycles. The highest BCUT2D eigenvalue weighted by molar-refractivity contribution is 7.90. The first-order valence-electron chi connectivity index (χ1n) is 8.65. The van der Waals surface area contributed by atoms with Gasteiger partial charge in [-0.05, 0) is 48.9 Å². The molecule has 4 rings (SSSR count). The van der Waals surface area contributed by atoms with Crippen LogP contribution in [0.15, 0.2) is 82.5 Å². The van der Waals surface area contributed by atoms with Crippen molar-refractivity contribution >= 4 is 21.1 Å². The number of halogens is 1. The molecule has 0 atom stereocenters. The van der Waals surface area contributed by atoms with Gasteiger partial charge in [-0.1, -0.05) is 42.0 Å².